The average Bonchev–Trinajstić information content (AvgIpc) is 3.19. The van der Waals surface area contributed by atoms with Crippen LogP contribution in [-0.4, -0.2) is 23.7 Å². The summed E-state index contributed by atoms with van der Waals surface area (Å²) in [5.74, 6) is 1.85. The van der Waals surface area contributed by atoms with Crippen LogP contribution in [0.4, 0.5) is 51.7 Å². The molecule has 0 radical (unpaired) electrons. The highest BCUT2D eigenvalue weighted by molar-refractivity contribution is 6.13. The lowest BCUT2D eigenvalue weighted by Crippen LogP contribution is -2.20. The summed E-state index contributed by atoms with van der Waals surface area (Å²) in [4.78, 5) is 18.4. The predicted molar refractivity (Wildman–Crippen MR) is 349 cm³/mol. The monoisotopic (exact) mass is 1080 g/mol. The van der Waals surface area contributed by atoms with Crippen molar-refractivity contribution >= 4 is 117 Å². The summed E-state index contributed by atoms with van der Waals surface area (Å²) in [6.45, 7) is 0. The van der Waals surface area contributed by atoms with Gasteiger partial charge in [-0.1, -0.05) is 164 Å². The van der Waals surface area contributed by atoms with Crippen molar-refractivity contribution in [1.29, 1.82) is 0 Å². The molecule has 0 saturated carbocycles. The first-order chi connectivity index (χ1) is 41.7. The molecule has 0 unspecified atom stereocenters. The molecule has 12 aromatic carbocycles. The molecule has 16 aromatic rings. The first-order valence-corrected chi connectivity index (χ1v) is 28.4. The molecule has 396 valence electrons. The smallest absolute Gasteiger partial charge is 0.238 e. The Morgan fingerprint density at radius 2 is 0.464 bits per heavy atom. The van der Waals surface area contributed by atoms with E-state index in [2.05, 4.69) is 344 Å². The summed E-state index contributed by atoms with van der Waals surface area (Å²) >= 11 is 0. The Kier molecular flexibility index (Phi) is 11.7. The van der Waals surface area contributed by atoms with Gasteiger partial charge in [0.2, 0.25) is 5.95 Å². The summed E-state index contributed by atoms with van der Waals surface area (Å²) in [5, 5.41) is 6.85. The zero-order valence-corrected chi connectivity index (χ0v) is 45.6. The van der Waals surface area contributed by atoms with Gasteiger partial charge in [0.15, 0.2) is 0 Å². The molecule has 0 aliphatic rings. The number of nitrogens with zero attached hydrogens (tertiary/aromatic N) is 8. The lowest BCUT2D eigenvalue weighted by molar-refractivity contribution is 1.04. The van der Waals surface area contributed by atoms with Crippen LogP contribution in [0.15, 0.2) is 315 Å². The molecule has 0 fully saturated rings. The van der Waals surface area contributed by atoms with E-state index >= 15 is 0 Å². The second-order valence-electron chi connectivity index (χ2n) is 21.1. The number of hydrogen-bond acceptors (Lipinski definition) is 5. The molecule has 16 rings (SSSR count). The van der Waals surface area contributed by atoms with Gasteiger partial charge in [-0.3, -0.25) is 14.7 Å². The van der Waals surface area contributed by atoms with Gasteiger partial charge in [0.25, 0.3) is 0 Å². The van der Waals surface area contributed by atoms with Gasteiger partial charge < -0.3 is 13.7 Å². The Morgan fingerprint density at radius 3 is 0.798 bits per heavy atom. The van der Waals surface area contributed by atoms with Crippen molar-refractivity contribution < 1.29 is 0 Å². The van der Waals surface area contributed by atoms with Crippen molar-refractivity contribution in [1.82, 2.24) is 23.7 Å². The molecule has 4 heterocycles. The summed E-state index contributed by atoms with van der Waals surface area (Å²) in [6.07, 6.45) is 0. The molecule has 0 N–H and O–H groups in total. The molecule has 0 aliphatic heterocycles. The summed E-state index contributed by atoms with van der Waals surface area (Å²) in [7, 11) is 0. The standard InChI is InChI=1S/C76H52N8/c1-7-25-53(26-8-1)79(59-43-46-71-65(49-59)62-37-19-22-40-68(62)82(71)56-31-13-4-14-32-56)74-52-75(80(54-27-9-2-10-28-54)60-44-47-72-66(50-60)63-38-20-23-41-69(63)83(72)57-33-15-5-16-34-57)78-76(77-74)81(55-29-11-3-12-30-55)61-45-48-73-67(51-61)64-39-21-24-42-70(64)84(73)58-35-17-6-18-36-58/h1-52H. The van der Waals surface area contributed by atoms with Crippen molar-refractivity contribution in [2.45, 2.75) is 0 Å². The van der Waals surface area contributed by atoms with E-state index in [0.29, 0.717) is 17.6 Å². The van der Waals surface area contributed by atoms with Crippen molar-refractivity contribution in [3.05, 3.63) is 315 Å². The topological polar surface area (TPSA) is 50.3 Å². The minimum absolute atomic E-state index is 0.491. The fraction of sp³-hybridized carbons (Fsp3) is 0. The van der Waals surface area contributed by atoms with Crippen LogP contribution < -0.4 is 14.7 Å². The zero-order chi connectivity index (χ0) is 55.5. The molecular weight excluding hydrogens is 1020 g/mol. The molecule has 8 heteroatoms. The summed E-state index contributed by atoms with van der Waals surface area (Å²) < 4.78 is 7.08. The van der Waals surface area contributed by atoms with E-state index < -0.39 is 0 Å². The van der Waals surface area contributed by atoms with Gasteiger partial charge >= 0.3 is 0 Å². The lowest BCUT2D eigenvalue weighted by atomic mass is 10.1. The maximum absolute atomic E-state index is 5.83. The van der Waals surface area contributed by atoms with E-state index in [1.807, 2.05) is 0 Å². The second kappa shape index (κ2) is 20.3. The van der Waals surface area contributed by atoms with E-state index in [-0.39, 0.29) is 0 Å². The van der Waals surface area contributed by atoms with Crippen molar-refractivity contribution in [3.8, 4) is 17.1 Å². The first-order valence-electron chi connectivity index (χ1n) is 28.4. The van der Waals surface area contributed by atoms with Crippen LogP contribution >= 0.6 is 0 Å². The average molecular weight is 1080 g/mol. The Bertz CT molecular complexity index is 4560. The van der Waals surface area contributed by atoms with Gasteiger partial charge in [0, 0.05) is 89.6 Å². The van der Waals surface area contributed by atoms with Gasteiger partial charge in [-0.15, -0.1) is 0 Å². The molecule has 0 atom stereocenters. The van der Waals surface area contributed by atoms with Crippen LogP contribution in [0.1, 0.15) is 0 Å². The number of hydrogen-bond donors (Lipinski definition) is 0. The van der Waals surface area contributed by atoms with E-state index in [1.54, 1.807) is 0 Å². The molecule has 4 aromatic heterocycles. The number of rotatable bonds is 12. The van der Waals surface area contributed by atoms with Gasteiger partial charge in [0.05, 0.1) is 33.1 Å². The zero-order valence-electron chi connectivity index (χ0n) is 45.6. The number of aromatic nitrogens is 5. The molecule has 8 nitrogen and oxygen atoms in total. The molecule has 0 spiro atoms. The number of para-hydroxylation sites is 9. The molecule has 84 heavy (non-hydrogen) atoms. The third-order valence-corrected chi connectivity index (χ3v) is 16.2. The highest BCUT2D eigenvalue weighted by Crippen LogP contribution is 2.46. The van der Waals surface area contributed by atoms with Crippen molar-refractivity contribution in [3.63, 3.8) is 0 Å². The molecular formula is C76H52N8. The summed E-state index contributed by atoms with van der Waals surface area (Å²) in [6, 6.07) is 112. The minimum atomic E-state index is 0.491. The van der Waals surface area contributed by atoms with Crippen molar-refractivity contribution in [2.24, 2.45) is 0 Å². The minimum Gasteiger partial charge on any atom is -0.309 e. The fourth-order valence-corrected chi connectivity index (χ4v) is 12.5. The SMILES string of the molecule is c1ccc(N(c2ccc3c(c2)c2ccccc2n3-c2ccccc2)c2cc(N(c3ccccc3)c3ccc4c(c3)c3ccccc3n4-c3ccccc3)nc(N(c3ccccc3)c3ccc4c(c3)c3ccccc3n4-c3ccccc3)n2)cc1. The van der Waals surface area contributed by atoms with Gasteiger partial charge in [-0.25, -0.2) is 0 Å². The molecule has 0 aliphatic carbocycles. The number of benzene rings is 12. The van der Waals surface area contributed by atoms with E-state index in [0.717, 1.165) is 117 Å². The Balaban J connectivity index is 0.972. The molecule has 0 bridgehead atoms. The van der Waals surface area contributed by atoms with E-state index in [4.69, 9.17) is 9.97 Å². The predicted octanol–water partition coefficient (Wildman–Crippen LogP) is 20.2. The third-order valence-electron chi connectivity index (χ3n) is 16.2. The maximum atomic E-state index is 5.83. The van der Waals surface area contributed by atoms with Crippen LogP contribution in [0.3, 0.4) is 0 Å². The van der Waals surface area contributed by atoms with Crippen molar-refractivity contribution in [2.75, 3.05) is 14.7 Å². The van der Waals surface area contributed by atoms with Crippen LogP contribution in [-0.2, 0) is 0 Å². The van der Waals surface area contributed by atoms with Gasteiger partial charge in [0.1, 0.15) is 11.6 Å². The largest absolute Gasteiger partial charge is 0.309 e. The highest BCUT2D eigenvalue weighted by Gasteiger charge is 2.27. The highest BCUT2D eigenvalue weighted by atomic mass is 15.3. The molecule has 0 saturated heterocycles. The Hall–Kier alpha value is -11.5. The van der Waals surface area contributed by atoms with Gasteiger partial charge in [-0.2, -0.15) is 9.97 Å². The van der Waals surface area contributed by atoms with Crippen LogP contribution in [0.2, 0.25) is 0 Å². The first kappa shape index (κ1) is 48.4. The van der Waals surface area contributed by atoms with Crippen LogP contribution in [0.5, 0.6) is 0 Å². The fourth-order valence-electron chi connectivity index (χ4n) is 12.5. The quantitative estimate of drug-likeness (QED) is 0.122. The van der Waals surface area contributed by atoms with E-state index in [1.165, 1.54) is 0 Å². The third kappa shape index (κ3) is 8.15. The van der Waals surface area contributed by atoms with Crippen LogP contribution in [0, 0.1) is 0 Å². The second-order valence-corrected chi connectivity index (χ2v) is 21.1. The normalized spacial score (nSPS) is 11.6. The van der Waals surface area contributed by atoms with E-state index in [9.17, 15) is 0 Å². The summed E-state index contributed by atoms with van der Waals surface area (Å²) in [5.41, 5.74) is 15.7. The lowest BCUT2D eigenvalue weighted by Gasteiger charge is -2.31. The van der Waals surface area contributed by atoms with Gasteiger partial charge in [-0.05, 0) is 146 Å². The molecule has 0 amide bonds. The Morgan fingerprint density at radius 1 is 0.202 bits per heavy atom. The number of fused-ring (bicyclic) bond motifs is 9. The van der Waals surface area contributed by atoms with Crippen LogP contribution in [0.25, 0.3) is 82.5 Å². The maximum Gasteiger partial charge on any atom is 0.238 e. The number of anilines is 9. The Labute approximate surface area is 485 Å².